The third-order valence-electron chi connectivity index (χ3n) is 4.41. The minimum Gasteiger partial charge on any atom is -0.480 e. The Morgan fingerprint density at radius 2 is 1.42 bits per heavy atom. The van der Waals surface area contributed by atoms with E-state index in [1.54, 1.807) is 0 Å². The Hall–Kier alpha value is -1.95. The predicted molar refractivity (Wildman–Crippen MR) is 99.3 cm³/mol. The van der Waals surface area contributed by atoms with Crippen LogP contribution in [0.5, 0.6) is 0 Å². The van der Waals surface area contributed by atoms with E-state index in [-0.39, 0.29) is 5.04 Å². The Morgan fingerprint density at radius 3 is 1.71 bits per heavy atom. The van der Waals surface area contributed by atoms with Crippen LogP contribution >= 0.6 is 0 Å². The molecule has 3 N–H and O–H groups in total. The maximum atomic E-state index is 11.6. The zero-order chi connectivity index (χ0) is 17.8. The lowest BCUT2D eigenvalue weighted by molar-refractivity contribution is -0.139. The molecule has 2 aromatic rings. The fraction of sp³-hybridized carbons (Fsp3) is 0.316. The van der Waals surface area contributed by atoms with E-state index in [1.165, 1.54) is 0 Å². The topological polar surface area (TPSA) is 69.6 Å². The lowest BCUT2D eigenvalue weighted by atomic mass is 10.2. The van der Waals surface area contributed by atoms with Crippen LogP contribution in [0.3, 0.4) is 0 Å². The standard InChI is InChI=1S/C19H25NO3Si/c1-19(2,3)24(15-10-6-4-7-11-15,16-12-8-5-9-13-16)20-17(14-21)18(22)23/h4-13,17,20-21H,14H2,1-3H3,(H,22,23)/t17-/m0/s1. The van der Waals surface area contributed by atoms with Gasteiger partial charge >= 0.3 is 5.97 Å². The fourth-order valence-electron chi connectivity index (χ4n) is 3.24. The van der Waals surface area contributed by atoms with Gasteiger partial charge < -0.3 is 15.2 Å². The molecule has 0 aliphatic heterocycles. The van der Waals surface area contributed by atoms with Crippen molar-refractivity contribution in [3.8, 4) is 0 Å². The summed E-state index contributed by atoms with van der Waals surface area (Å²) in [5.41, 5.74) is 0. The Kier molecular flexibility index (Phi) is 5.59. The molecule has 0 aromatic heterocycles. The van der Waals surface area contributed by atoms with Gasteiger partial charge in [0.15, 0.2) is 8.24 Å². The maximum absolute atomic E-state index is 11.6. The molecule has 0 unspecified atom stereocenters. The minimum atomic E-state index is -2.69. The molecule has 0 saturated heterocycles. The van der Waals surface area contributed by atoms with Gasteiger partial charge in [0, 0.05) is 0 Å². The Labute approximate surface area is 144 Å². The molecule has 24 heavy (non-hydrogen) atoms. The molecule has 0 aliphatic carbocycles. The van der Waals surface area contributed by atoms with Gasteiger partial charge in [-0.1, -0.05) is 81.4 Å². The van der Waals surface area contributed by atoms with Crippen molar-refractivity contribution in [2.45, 2.75) is 31.9 Å². The van der Waals surface area contributed by atoms with Crippen LogP contribution in [0.2, 0.25) is 5.04 Å². The number of hydrogen-bond acceptors (Lipinski definition) is 3. The van der Waals surface area contributed by atoms with Crippen molar-refractivity contribution in [1.82, 2.24) is 4.98 Å². The van der Waals surface area contributed by atoms with E-state index in [4.69, 9.17) is 0 Å². The summed E-state index contributed by atoms with van der Waals surface area (Å²) in [6.07, 6.45) is 0. The third-order valence-corrected chi connectivity index (χ3v) is 9.84. The molecule has 128 valence electrons. The van der Waals surface area contributed by atoms with Gasteiger partial charge in [0.05, 0.1) is 6.61 Å². The van der Waals surface area contributed by atoms with Crippen molar-refractivity contribution < 1.29 is 15.0 Å². The largest absolute Gasteiger partial charge is 0.480 e. The van der Waals surface area contributed by atoms with Gasteiger partial charge in [-0.3, -0.25) is 4.79 Å². The van der Waals surface area contributed by atoms with E-state index in [2.05, 4.69) is 25.8 Å². The zero-order valence-corrected chi connectivity index (χ0v) is 15.4. The first-order valence-corrected chi connectivity index (χ1v) is 10.1. The summed E-state index contributed by atoms with van der Waals surface area (Å²) < 4.78 is 0. The molecule has 1 atom stereocenters. The number of carboxylic acid groups (broad SMARTS) is 1. The van der Waals surface area contributed by atoms with Crippen LogP contribution < -0.4 is 15.4 Å². The van der Waals surface area contributed by atoms with Gasteiger partial charge in [0.2, 0.25) is 0 Å². The normalized spacial score (nSPS) is 13.5. The van der Waals surface area contributed by atoms with Crippen molar-refractivity contribution in [3.63, 3.8) is 0 Å². The first-order valence-electron chi connectivity index (χ1n) is 8.05. The molecular weight excluding hydrogens is 318 g/mol. The van der Waals surface area contributed by atoms with Crippen LogP contribution in [0, 0.1) is 0 Å². The monoisotopic (exact) mass is 343 g/mol. The molecule has 0 radical (unpaired) electrons. The summed E-state index contributed by atoms with van der Waals surface area (Å²) in [5.74, 6) is -1.04. The Balaban J connectivity index is 2.73. The van der Waals surface area contributed by atoms with Crippen molar-refractivity contribution in [1.29, 1.82) is 0 Å². The van der Waals surface area contributed by atoms with E-state index in [9.17, 15) is 15.0 Å². The van der Waals surface area contributed by atoms with Crippen LogP contribution in [-0.4, -0.2) is 37.1 Å². The molecule has 0 fully saturated rings. The molecule has 2 rings (SSSR count). The van der Waals surface area contributed by atoms with Crippen LogP contribution in [0.4, 0.5) is 0 Å². The molecular formula is C19H25NO3Si. The van der Waals surface area contributed by atoms with E-state index in [0.29, 0.717) is 0 Å². The molecule has 0 bridgehead atoms. The molecule has 0 heterocycles. The quantitative estimate of drug-likeness (QED) is 0.697. The number of aliphatic hydroxyl groups is 1. The van der Waals surface area contributed by atoms with Gasteiger partial charge in [-0.2, -0.15) is 0 Å². The number of benzene rings is 2. The highest BCUT2D eigenvalue weighted by Gasteiger charge is 2.50. The van der Waals surface area contributed by atoms with Crippen LogP contribution in [0.25, 0.3) is 0 Å². The van der Waals surface area contributed by atoms with Gasteiger partial charge in [-0.15, -0.1) is 0 Å². The van der Waals surface area contributed by atoms with Crippen molar-refractivity contribution in [2.75, 3.05) is 6.61 Å². The minimum absolute atomic E-state index is 0.210. The molecule has 2 aromatic carbocycles. The Morgan fingerprint density at radius 1 is 1.00 bits per heavy atom. The molecule has 4 nitrogen and oxygen atoms in total. The molecule has 0 saturated carbocycles. The second-order valence-corrected chi connectivity index (χ2v) is 11.4. The van der Waals surface area contributed by atoms with Gasteiger partial charge in [0.1, 0.15) is 6.04 Å². The van der Waals surface area contributed by atoms with Crippen molar-refractivity contribution >= 4 is 24.6 Å². The summed E-state index contributed by atoms with van der Waals surface area (Å²) >= 11 is 0. The molecule has 0 spiro atoms. The first-order chi connectivity index (χ1) is 11.3. The third kappa shape index (κ3) is 3.43. The van der Waals surface area contributed by atoms with E-state index >= 15 is 0 Å². The molecule has 0 aliphatic rings. The number of carbonyl (C=O) groups is 1. The van der Waals surface area contributed by atoms with Gasteiger partial charge in [0.25, 0.3) is 0 Å². The number of hydrogen-bond donors (Lipinski definition) is 3. The zero-order valence-electron chi connectivity index (χ0n) is 14.4. The first kappa shape index (κ1) is 18.4. The maximum Gasteiger partial charge on any atom is 0.322 e. The molecule has 0 amide bonds. The lowest BCUT2D eigenvalue weighted by Gasteiger charge is -2.45. The second-order valence-electron chi connectivity index (χ2n) is 6.95. The SMILES string of the molecule is CC(C)(C)[Si](N[C@@H](CO)C(=O)O)(c1ccccc1)c1ccccc1. The van der Waals surface area contributed by atoms with Gasteiger partial charge in [-0.05, 0) is 15.4 Å². The van der Waals surface area contributed by atoms with E-state index in [0.717, 1.165) is 10.4 Å². The Bertz CT molecular complexity index is 629. The fourth-order valence-corrected chi connectivity index (χ4v) is 8.19. The van der Waals surface area contributed by atoms with Crippen LogP contribution in [0.15, 0.2) is 60.7 Å². The van der Waals surface area contributed by atoms with Crippen molar-refractivity contribution in [2.24, 2.45) is 0 Å². The second kappa shape index (κ2) is 7.30. The lowest BCUT2D eigenvalue weighted by Crippen LogP contribution is -2.76. The summed E-state index contributed by atoms with van der Waals surface area (Å²) in [7, 11) is -2.69. The smallest absolute Gasteiger partial charge is 0.322 e. The van der Waals surface area contributed by atoms with E-state index in [1.807, 2.05) is 60.7 Å². The van der Waals surface area contributed by atoms with Crippen LogP contribution in [-0.2, 0) is 4.79 Å². The highest BCUT2D eigenvalue weighted by atomic mass is 28.3. The predicted octanol–water partition coefficient (Wildman–Crippen LogP) is 1.58. The highest BCUT2D eigenvalue weighted by molar-refractivity contribution is 7.02. The van der Waals surface area contributed by atoms with Crippen LogP contribution in [0.1, 0.15) is 20.8 Å². The average molecular weight is 343 g/mol. The number of rotatable bonds is 6. The molecule has 5 heteroatoms. The number of nitrogens with one attached hydrogen (secondary N) is 1. The van der Waals surface area contributed by atoms with E-state index < -0.39 is 26.9 Å². The van der Waals surface area contributed by atoms with Crippen molar-refractivity contribution in [3.05, 3.63) is 60.7 Å². The average Bonchev–Trinajstić information content (AvgIpc) is 2.56. The number of carboxylic acids is 1. The highest BCUT2D eigenvalue weighted by Crippen LogP contribution is 2.34. The summed E-state index contributed by atoms with van der Waals surface area (Å²) in [6, 6.07) is 19.0. The summed E-state index contributed by atoms with van der Waals surface area (Å²) in [5, 5.41) is 21.1. The number of aliphatic hydroxyl groups excluding tert-OH is 1. The van der Waals surface area contributed by atoms with Gasteiger partial charge in [-0.25, -0.2) is 0 Å². The summed E-state index contributed by atoms with van der Waals surface area (Å²) in [4.78, 5) is 15.0. The summed E-state index contributed by atoms with van der Waals surface area (Å²) in [6.45, 7) is 5.94. The number of aliphatic carboxylic acids is 1.